The number of amides is 1. The van der Waals surface area contributed by atoms with Crippen LogP contribution in [0.25, 0.3) is 6.08 Å². The standard InChI is InChI=1S/C16H21ClN2O2/c17-14-11-13(7-10-18-14)5-6-15(20)19-12-16(21)8-3-1-2-4-9-16/h5-7,10-11,21H,1-4,8-9,12H2,(H,19,20)/b6-5+. The third kappa shape index (κ3) is 5.48. The van der Waals surface area contributed by atoms with Crippen molar-refractivity contribution in [3.05, 3.63) is 35.1 Å². The van der Waals surface area contributed by atoms with Gasteiger partial charge in [0.15, 0.2) is 0 Å². The molecule has 21 heavy (non-hydrogen) atoms. The average molecular weight is 309 g/mol. The van der Waals surface area contributed by atoms with Crippen molar-refractivity contribution in [2.24, 2.45) is 0 Å². The predicted molar refractivity (Wildman–Crippen MR) is 83.9 cm³/mol. The van der Waals surface area contributed by atoms with E-state index in [9.17, 15) is 9.90 Å². The molecule has 2 N–H and O–H groups in total. The predicted octanol–water partition coefficient (Wildman–Crippen LogP) is 2.95. The molecular formula is C16H21ClN2O2. The molecule has 1 amide bonds. The minimum Gasteiger partial charge on any atom is -0.388 e. The Morgan fingerprint density at radius 2 is 2.10 bits per heavy atom. The number of aliphatic hydroxyl groups is 1. The van der Waals surface area contributed by atoms with E-state index in [4.69, 9.17) is 11.6 Å². The van der Waals surface area contributed by atoms with Gasteiger partial charge in [0.1, 0.15) is 5.15 Å². The Morgan fingerprint density at radius 3 is 2.76 bits per heavy atom. The van der Waals surface area contributed by atoms with E-state index in [1.54, 1.807) is 24.4 Å². The van der Waals surface area contributed by atoms with Crippen LogP contribution in [-0.2, 0) is 4.79 Å². The topological polar surface area (TPSA) is 62.2 Å². The molecule has 0 aromatic carbocycles. The first kappa shape index (κ1) is 16.0. The SMILES string of the molecule is O=C(/C=C/c1ccnc(Cl)c1)NCC1(O)CCCCCC1. The molecule has 1 fully saturated rings. The lowest BCUT2D eigenvalue weighted by Crippen LogP contribution is -2.42. The number of hydrogen-bond donors (Lipinski definition) is 2. The number of hydrogen-bond acceptors (Lipinski definition) is 3. The van der Waals surface area contributed by atoms with Gasteiger partial charge in [-0.15, -0.1) is 0 Å². The summed E-state index contributed by atoms with van der Waals surface area (Å²) in [5.74, 6) is -0.208. The zero-order valence-corrected chi connectivity index (χ0v) is 12.8. The summed E-state index contributed by atoms with van der Waals surface area (Å²) < 4.78 is 0. The summed E-state index contributed by atoms with van der Waals surface area (Å²) in [7, 11) is 0. The minimum absolute atomic E-state index is 0.208. The van der Waals surface area contributed by atoms with Crippen molar-refractivity contribution in [1.82, 2.24) is 10.3 Å². The van der Waals surface area contributed by atoms with Crippen LogP contribution < -0.4 is 5.32 Å². The summed E-state index contributed by atoms with van der Waals surface area (Å²) in [4.78, 5) is 15.7. The lowest BCUT2D eigenvalue weighted by molar-refractivity contribution is -0.117. The maximum absolute atomic E-state index is 11.8. The van der Waals surface area contributed by atoms with E-state index < -0.39 is 5.60 Å². The molecule has 4 nitrogen and oxygen atoms in total. The summed E-state index contributed by atoms with van der Waals surface area (Å²) >= 11 is 5.78. The number of carbonyl (C=O) groups excluding carboxylic acids is 1. The number of nitrogens with one attached hydrogen (secondary N) is 1. The molecule has 1 saturated carbocycles. The normalized spacial score (nSPS) is 18.4. The number of pyridine rings is 1. The zero-order chi connectivity index (χ0) is 15.1. The Morgan fingerprint density at radius 1 is 1.38 bits per heavy atom. The van der Waals surface area contributed by atoms with Crippen LogP contribution in [0.2, 0.25) is 5.15 Å². The smallest absolute Gasteiger partial charge is 0.244 e. The van der Waals surface area contributed by atoms with E-state index in [-0.39, 0.29) is 5.91 Å². The summed E-state index contributed by atoms with van der Waals surface area (Å²) in [6, 6.07) is 3.46. The van der Waals surface area contributed by atoms with Gasteiger partial charge in [0.2, 0.25) is 5.91 Å². The number of halogens is 1. The van der Waals surface area contributed by atoms with Gasteiger partial charge in [-0.1, -0.05) is 37.3 Å². The molecule has 0 radical (unpaired) electrons. The first-order valence-corrected chi connectivity index (χ1v) is 7.75. The highest BCUT2D eigenvalue weighted by Gasteiger charge is 2.27. The van der Waals surface area contributed by atoms with Crippen LogP contribution in [-0.4, -0.2) is 28.1 Å². The van der Waals surface area contributed by atoms with Gasteiger partial charge in [0.05, 0.1) is 5.60 Å². The van der Waals surface area contributed by atoms with E-state index in [2.05, 4.69) is 10.3 Å². The van der Waals surface area contributed by atoms with Gasteiger partial charge in [-0.3, -0.25) is 4.79 Å². The molecule has 0 atom stereocenters. The molecule has 1 aromatic rings. The Hall–Kier alpha value is -1.39. The molecule has 1 heterocycles. The Bertz CT molecular complexity index is 509. The molecule has 1 aromatic heterocycles. The Balaban J connectivity index is 1.84. The molecule has 0 spiro atoms. The van der Waals surface area contributed by atoms with Crippen LogP contribution in [0.3, 0.4) is 0 Å². The molecule has 0 bridgehead atoms. The van der Waals surface area contributed by atoms with Crippen molar-refractivity contribution in [3.63, 3.8) is 0 Å². The summed E-state index contributed by atoms with van der Waals surface area (Å²) in [5, 5.41) is 13.6. The van der Waals surface area contributed by atoms with Crippen molar-refractivity contribution >= 4 is 23.6 Å². The summed E-state index contributed by atoms with van der Waals surface area (Å²) in [6.45, 7) is 0.313. The summed E-state index contributed by atoms with van der Waals surface area (Å²) in [6.07, 6.45) is 10.6. The molecule has 0 saturated heterocycles. The highest BCUT2D eigenvalue weighted by Crippen LogP contribution is 2.26. The van der Waals surface area contributed by atoms with Gasteiger partial charge < -0.3 is 10.4 Å². The van der Waals surface area contributed by atoms with Gasteiger partial charge in [-0.05, 0) is 36.6 Å². The third-order valence-electron chi connectivity index (χ3n) is 3.80. The highest BCUT2D eigenvalue weighted by molar-refractivity contribution is 6.29. The van der Waals surface area contributed by atoms with E-state index >= 15 is 0 Å². The molecule has 114 valence electrons. The number of nitrogens with zero attached hydrogens (tertiary/aromatic N) is 1. The fraction of sp³-hybridized carbons (Fsp3) is 0.500. The molecule has 0 aliphatic heterocycles. The Labute approximate surface area is 130 Å². The second-order valence-corrected chi connectivity index (χ2v) is 5.99. The first-order chi connectivity index (χ1) is 10.1. The van der Waals surface area contributed by atoms with Crippen LogP contribution in [0.1, 0.15) is 44.1 Å². The quantitative estimate of drug-likeness (QED) is 0.511. The van der Waals surface area contributed by atoms with Gasteiger partial charge in [0.25, 0.3) is 0 Å². The van der Waals surface area contributed by atoms with Crippen molar-refractivity contribution in [2.75, 3.05) is 6.54 Å². The largest absolute Gasteiger partial charge is 0.388 e. The second kappa shape index (κ2) is 7.57. The lowest BCUT2D eigenvalue weighted by atomic mass is 9.94. The number of aromatic nitrogens is 1. The van der Waals surface area contributed by atoms with E-state index in [0.717, 1.165) is 31.2 Å². The van der Waals surface area contributed by atoms with Crippen molar-refractivity contribution < 1.29 is 9.90 Å². The molecule has 0 unspecified atom stereocenters. The Kier molecular flexibility index (Phi) is 5.76. The van der Waals surface area contributed by atoms with Crippen LogP contribution in [0.15, 0.2) is 24.4 Å². The van der Waals surface area contributed by atoms with Gasteiger partial charge in [-0.25, -0.2) is 4.98 Å². The second-order valence-electron chi connectivity index (χ2n) is 5.60. The maximum atomic E-state index is 11.8. The minimum atomic E-state index is -0.750. The van der Waals surface area contributed by atoms with Gasteiger partial charge >= 0.3 is 0 Å². The molecule has 1 aliphatic carbocycles. The zero-order valence-electron chi connectivity index (χ0n) is 12.0. The van der Waals surface area contributed by atoms with Crippen LogP contribution in [0.4, 0.5) is 0 Å². The molecular weight excluding hydrogens is 288 g/mol. The molecule has 2 rings (SSSR count). The van der Waals surface area contributed by atoms with Crippen LogP contribution in [0, 0.1) is 0 Å². The third-order valence-corrected chi connectivity index (χ3v) is 4.01. The van der Waals surface area contributed by atoms with Crippen molar-refractivity contribution in [3.8, 4) is 0 Å². The molecule has 5 heteroatoms. The van der Waals surface area contributed by atoms with E-state index in [1.165, 1.54) is 18.9 Å². The lowest BCUT2D eigenvalue weighted by Gasteiger charge is -2.26. The fourth-order valence-electron chi connectivity index (χ4n) is 2.57. The van der Waals surface area contributed by atoms with Crippen molar-refractivity contribution in [1.29, 1.82) is 0 Å². The monoisotopic (exact) mass is 308 g/mol. The van der Waals surface area contributed by atoms with Crippen LogP contribution >= 0.6 is 11.6 Å². The van der Waals surface area contributed by atoms with E-state index in [1.807, 2.05) is 0 Å². The van der Waals surface area contributed by atoms with Gasteiger partial charge in [0, 0.05) is 18.8 Å². The summed E-state index contributed by atoms with van der Waals surface area (Å²) in [5.41, 5.74) is 0.0679. The highest BCUT2D eigenvalue weighted by atomic mass is 35.5. The molecule has 1 aliphatic rings. The number of rotatable bonds is 4. The maximum Gasteiger partial charge on any atom is 0.244 e. The fourth-order valence-corrected chi connectivity index (χ4v) is 2.75. The first-order valence-electron chi connectivity index (χ1n) is 7.37. The van der Waals surface area contributed by atoms with E-state index in [0.29, 0.717) is 11.7 Å². The van der Waals surface area contributed by atoms with Crippen LogP contribution in [0.5, 0.6) is 0 Å². The number of carbonyl (C=O) groups is 1. The van der Waals surface area contributed by atoms with Crippen molar-refractivity contribution in [2.45, 2.75) is 44.1 Å². The van der Waals surface area contributed by atoms with Gasteiger partial charge in [-0.2, -0.15) is 0 Å². The average Bonchev–Trinajstić information content (AvgIpc) is 2.68.